The third-order valence-electron chi connectivity index (χ3n) is 2.36. The summed E-state index contributed by atoms with van der Waals surface area (Å²) < 4.78 is 10.4. The van der Waals surface area contributed by atoms with Crippen LogP contribution in [0.4, 0.5) is 0 Å². The second-order valence-corrected chi connectivity index (χ2v) is 4.72. The summed E-state index contributed by atoms with van der Waals surface area (Å²) in [6, 6.07) is 0. The van der Waals surface area contributed by atoms with E-state index in [1.165, 1.54) is 0 Å². The Morgan fingerprint density at radius 1 is 1.40 bits per heavy atom. The smallest absolute Gasteiger partial charge is 0.282 e. The van der Waals surface area contributed by atoms with Crippen LogP contribution in [-0.4, -0.2) is 11.4 Å². The van der Waals surface area contributed by atoms with Gasteiger partial charge in [-0.1, -0.05) is 20.8 Å². The Morgan fingerprint density at radius 2 is 2.00 bits per heavy atom. The van der Waals surface area contributed by atoms with Crippen molar-refractivity contribution in [1.82, 2.24) is 0 Å². The lowest BCUT2D eigenvalue weighted by molar-refractivity contribution is -0.299. The minimum atomic E-state index is -0.336. The molecule has 1 atom stereocenters. The molecule has 1 heterocycles. The van der Waals surface area contributed by atoms with Crippen molar-refractivity contribution < 1.29 is 19.6 Å². The van der Waals surface area contributed by atoms with Crippen molar-refractivity contribution >= 4 is 0 Å². The maximum absolute atomic E-state index is 8.83. The van der Waals surface area contributed by atoms with Crippen LogP contribution in [0.5, 0.6) is 0 Å². The molecule has 1 N–H and O–H groups in total. The first-order chi connectivity index (χ1) is 6.84. The van der Waals surface area contributed by atoms with Crippen molar-refractivity contribution in [2.75, 3.05) is 0 Å². The summed E-state index contributed by atoms with van der Waals surface area (Å²) in [5.74, 6) is 1.60. The molecule has 0 saturated carbocycles. The average molecular weight is 214 g/mol. The predicted molar refractivity (Wildman–Crippen MR) is 55.6 cm³/mol. The molecule has 15 heavy (non-hydrogen) atoms. The Morgan fingerprint density at radius 3 is 2.33 bits per heavy atom. The van der Waals surface area contributed by atoms with E-state index in [-0.39, 0.29) is 17.5 Å². The number of ether oxygens (including phenoxy) is 2. The van der Waals surface area contributed by atoms with Gasteiger partial charge < -0.3 is 9.47 Å². The van der Waals surface area contributed by atoms with Gasteiger partial charge in [0.2, 0.25) is 0 Å². The first kappa shape index (κ1) is 12.1. The first-order valence-corrected chi connectivity index (χ1v) is 4.89. The van der Waals surface area contributed by atoms with Crippen LogP contribution < -0.4 is 0 Å². The minimum Gasteiger partial charge on any atom is -0.428 e. The van der Waals surface area contributed by atoms with Gasteiger partial charge >= 0.3 is 0 Å². The highest BCUT2D eigenvalue weighted by Gasteiger charge is 2.30. The molecule has 0 aromatic rings. The Bertz CT molecular complexity index is 285. The lowest BCUT2D eigenvalue weighted by Crippen LogP contribution is -2.29. The zero-order valence-electron chi connectivity index (χ0n) is 9.66. The Kier molecular flexibility index (Phi) is 3.42. The predicted octanol–water partition coefficient (Wildman–Crippen LogP) is 3.03. The van der Waals surface area contributed by atoms with E-state index in [1.54, 1.807) is 6.92 Å². The van der Waals surface area contributed by atoms with E-state index < -0.39 is 0 Å². The van der Waals surface area contributed by atoms with Crippen molar-refractivity contribution in [3.63, 3.8) is 0 Å². The van der Waals surface area contributed by atoms with Gasteiger partial charge in [0, 0.05) is 6.42 Å². The fraction of sp³-hybridized carbons (Fsp3) is 0.636. The van der Waals surface area contributed by atoms with Gasteiger partial charge in [-0.2, -0.15) is 0 Å². The Labute approximate surface area is 90.1 Å². The van der Waals surface area contributed by atoms with Crippen LogP contribution in [0.15, 0.2) is 24.0 Å². The Hall–Kier alpha value is -1.00. The van der Waals surface area contributed by atoms with Crippen LogP contribution in [0.25, 0.3) is 0 Å². The molecule has 4 heteroatoms. The monoisotopic (exact) mass is 214 g/mol. The van der Waals surface area contributed by atoms with Gasteiger partial charge in [-0.25, -0.2) is 4.89 Å². The van der Waals surface area contributed by atoms with Gasteiger partial charge in [0.1, 0.15) is 17.6 Å². The van der Waals surface area contributed by atoms with Gasteiger partial charge in [0.25, 0.3) is 5.95 Å². The second kappa shape index (κ2) is 4.24. The van der Waals surface area contributed by atoms with Crippen LogP contribution in [0, 0.1) is 5.41 Å². The molecule has 86 valence electrons. The molecule has 0 saturated heterocycles. The molecule has 1 rings (SSSR count). The molecule has 0 aliphatic carbocycles. The van der Waals surface area contributed by atoms with Gasteiger partial charge in [-0.05, 0) is 18.9 Å². The molecule has 0 bridgehead atoms. The molecule has 0 fully saturated rings. The summed E-state index contributed by atoms with van der Waals surface area (Å²) in [4.78, 5) is 4.46. The van der Waals surface area contributed by atoms with E-state index in [0.29, 0.717) is 17.9 Å². The highest BCUT2D eigenvalue weighted by atomic mass is 17.1. The van der Waals surface area contributed by atoms with Crippen LogP contribution in [0.2, 0.25) is 0 Å². The van der Waals surface area contributed by atoms with Crippen LogP contribution in [-0.2, 0) is 14.4 Å². The molecule has 0 aromatic heterocycles. The highest BCUT2D eigenvalue weighted by Crippen LogP contribution is 2.32. The molecule has 4 nitrogen and oxygen atoms in total. The lowest BCUT2D eigenvalue weighted by Gasteiger charge is -2.27. The van der Waals surface area contributed by atoms with E-state index in [0.717, 1.165) is 0 Å². The van der Waals surface area contributed by atoms with E-state index >= 15 is 0 Å². The van der Waals surface area contributed by atoms with E-state index in [1.807, 2.05) is 20.8 Å². The average Bonchev–Trinajstić information content (AvgIpc) is 2.38. The van der Waals surface area contributed by atoms with E-state index in [9.17, 15) is 0 Å². The van der Waals surface area contributed by atoms with Crippen molar-refractivity contribution in [2.24, 2.45) is 5.41 Å². The summed E-state index contributed by atoms with van der Waals surface area (Å²) in [6.07, 6.45) is 0.127. The molecule has 0 amide bonds. The summed E-state index contributed by atoms with van der Waals surface area (Å²) in [6.45, 7) is 11.3. The number of hydrogen-bond acceptors (Lipinski definition) is 4. The zero-order chi connectivity index (χ0) is 11.6. The number of rotatable bonds is 3. The molecular weight excluding hydrogens is 196 g/mol. The van der Waals surface area contributed by atoms with Crippen LogP contribution in [0.1, 0.15) is 34.1 Å². The molecule has 0 spiro atoms. The molecule has 1 aliphatic heterocycles. The van der Waals surface area contributed by atoms with Gasteiger partial charge in [0.15, 0.2) is 0 Å². The SMILES string of the molecule is C=C1OC(C)=C(CC(OO)C(C)(C)C)O1. The summed E-state index contributed by atoms with van der Waals surface area (Å²) in [5, 5.41) is 8.83. The summed E-state index contributed by atoms with van der Waals surface area (Å²) in [5.41, 5.74) is -0.171. The van der Waals surface area contributed by atoms with Crippen molar-refractivity contribution in [3.8, 4) is 0 Å². The maximum Gasteiger partial charge on any atom is 0.282 e. The van der Waals surface area contributed by atoms with E-state index in [4.69, 9.17) is 14.7 Å². The molecule has 1 unspecified atom stereocenters. The second-order valence-electron chi connectivity index (χ2n) is 4.72. The fourth-order valence-electron chi connectivity index (χ4n) is 1.31. The standard InChI is InChI=1S/C11H18O4/c1-7-9(14-8(2)13-7)6-10(15-12)11(3,4)5/h10,12H,2,6H2,1,3-5H3. The maximum atomic E-state index is 8.83. The lowest BCUT2D eigenvalue weighted by atomic mass is 9.86. The van der Waals surface area contributed by atoms with Gasteiger partial charge in [0.05, 0.1) is 0 Å². The van der Waals surface area contributed by atoms with Crippen molar-refractivity contribution in [2.45, 2.75) is 40.2 Å². The largest absolute Gasteiger partial charge is 0.428 e. The highest BCUT2D eigenvalue weighted by molar-refractivity contribution is 5.10. The minimum absolute atomic E-state index is 0.171. The summed E-state index contributed by atoms with van der Waals surface area (Å²) >= 11 is 0. The van der Waals surface area contributed by atoms with E-state index in [2.05, 4.69) is 11.5 Å². The Balaban J connectivity index is 2.68. The number of hydrogen-bond donors (Lipinski definition) is 1. The van der Waals surface area contributed by atoms with Crippen LogP contribution in [0.3, 0.4) is 0 Å². The fourth-order valence-corrected chi connectivity index (χ4v) is 1.31. The third kappa shape index (κ3) is 2.97. The van der Waals surface area contributed by atoms with Crippen LogP contribution >= 0.6 is 0 Å². The quantitative estimate of drug-likeness (QED) is 0.579. The number of allylic oxidation sites excluding steroid dienone is 1. The summed E-state index contributed by atoms with van der Waals surface area (Å²) in [7, 11) is 0. The third-order valence-corrected chi connectivity index (χ3v) is 2.36. The van der Waals surface area contributed by atoms with Crippen molar-refractivity contribution in [1.29, 1.82) is 0 Å². The normalized spacial score (nSPS) is 18.9. The first-order valence-electron chi connectivity index (χ1n) is 4.89. The van der Waals surface area contributed by atoms with Gasteiger partial charge in [-0.3, -0.25) is 5.26 Å². The molecular formula is C11H18O4. The molecule has 0 radical (unpaired) electrons. The van der Waals surface area contributed by atoms with Gasteiger partial charge in [-0.15, -0.1) is 0 Å². The molecule has 1 aliphatic rings. The zero-order valence-corrected chi connectivity index (χ0v) is 9.66. The molecule has 0 aromatic carbocycles. The van der Waals surface area contributed by atoms with Crippen molar-refractivity contribution in [3.05, 3.63) is 24.0 Å². The topological polar surface area (TPSA) is 47.9 Å².